The molecular weight excluding hydrogens is 254 g/mol. The fourth-order valence-electron chi connectivity index (χ4n) is 1.78. The molecule has 2 aromatic rings. The SMILES string of the molecule is COc1ncccc1CNc1cccnc1OC(C)C. The van der Waals surface area contributed by atoms with Gasteiger partial charge in [0.15, 0.2) is 0 Å². The summed E-state index contributed by atoms with van der Waals surface area (Å²) in [5, 5.41) is 3.30. The molecule has 0 aliphatic carbocycles. The number of methoxy groups -OCH3 is 1. The van der Waals surface area contributed by atoms with Crippen LogP contribution in [0.1, 0.15) is 19.4 Å². The second kappa shape index (κ2) is 6.75. The minimum Gasteiger partial charge on any atom is -0.481 e. The Kier molecular flexibility index (Phi) is 4.76. The predicted molar refractivity (Wildman–Crippen MR) is 78.1 cm³/mol. The Morgan fingerprint density at radius 2 is 1.80 bits per heavy atom. The summed E-state index contributed by atoms with van der Waals surface area (Å²) in [6.45, 7) is 4.54. The molecule has 0 aliphatic heterocycles. The first kappa shape index (κ1) is 14.1. The fourth-order valence-corrected chi connectivity index (χ4v) is 1.78. The summed E-state index contributed by atoms with van der Waals surface area (Å²) >= 11 is 0. The standard InChI is InChI=1S/C15H19N3O2/c1-11(2)20-15-13(7-5-9-17-15)18-10-12-6-4-8-16-14(12)19-3/h4-9,11,18H,10H2,1-3H3. The summed E-state index contributed by atoms with van der Waals surface area (Å²) in [5.74, 6) is 1.22. The number of hydrogen-bond acceptors (Lipinski definition) is 5. The van der Waals surface area contributed by atoms with Crippen molar-refractivity contribution in [3.05, 3.63) is 42.2 Å². The van der Waals surface area contributed by atoms with Crippen LogP contribution in [0.15, 0.2) is 36.7 Å². The Morgan fingerprint density at radius 3 is 2.50 bits per heavy atom. The van der Waals surface area contributed by atoms with Gasteiger partial charge >= 0.3 is 0 Å². The van der Waals surface area contributed by atoms with Crippen molar-refractivity contribution in [1.82, 2.24) is 9.97 Å². The third-order valence-electron chi connectivity index (χ3n) is 2.63. The lowest BCUT2D eigenvalue weighted by Crippen LogP contribution is -2.10. The molecule has 5 heteroatoms. The Hall–Kier alpha value is -2.30. The van der Waals surface area contributed by atoms with Gasteiger partial charge in [-0.15, -0.1) is 0 Å². The number of aromatic nitrogens is 2. The van der Waals surface area contributed by atoms with Gasteiger partial charge in [-0.1, -0.05) is 6.07 Å². The number of rotatable bonds is 6. The maximum atomic E-state index is 5.67. The van der Waals surface area contributed by atoms with E-state index in [1.54, 1.807) is 19.5 Å². The van der Waals surface area contributed by atoms with E-state index >= 15 is 0 Å². The molecule has 0 aromatic carbocycles. The Balaban J connectivity index is 2.11. The third-order valence-corrected chi connectivity index (χ3v) is 2.63. The molecule has 2 heterocycles. The average molecular weight is 273 g/mol. The molecule has 0 spiro atoms. The number of ether oxygens (including phenoxy) is 2. The Bertz CT molecular complexity index is 558. The van der Waals surface area contributed by atoms with Gasteiger partial charge in [-0.25, -0.2) is 9.97 Å². The second-order valence-corrected chi connectivity index (χ2v) is 4.55. The molecule has 0 amide bonds. The molecular formula is C15H19N3O2. The van der Waals surface area contributed by atoms with Crippen LogP contribution in [0, 0.1) is 0 Å². The number of nitrogens with zero attached hydrogens (tertiary/aromatic N) is 2. The van der Waals surface area contributed by atoms with Crippen molar-refractivity contribution in [2.45, 2.75) is 26.5 Å². The Morgan fingerprint density at radius 1 is 1.10 bits per heavy atom. The van der Waals surface area contributed by atoms with Crippen LogP contribution < -0.4 is 14.8 Å². The first-order valence-electron chi connectivity index (χ1n) is 6.54. The fraction of sp³-hybridized carbons (Fsp3) is 0.333. The molecule has 0 saturated heterocycles. The summed E-state index contributed by atoms with van der Waals surface area (Å²) in [4.78, 5) is 8.41. The van der Waals surface area contributed by atoms with Crippen LogP contribution in [0.5, 0.6) is 11.8 Å². The third kappa shape index (κ3) is 3.60. The van der Waals surface area contributed by atoms with Gasteiger partial charge in [0.2, 0.25) is 11.8 Å². The summed E-state index contributed by atoms with van der Waals surface area (Å²) in [7, 11) is 1.61. The number of anilines is 1. The van der Waals surface area contributed by atoms with Gasteiger partial charge in [0.1, 0.15) is 0 Å². The van der Waals surface area contributed by atoms with Gasteiger partial charge in [-0.3, -0.25) is 0 Å². The first-order valence-corrected chi connectivity index (χ1v) is 6.54. The van der Waals surface area contributed by atoms with E-state index < -0.39 is 0 Å². The quantitative estimate of drug-likeness (QED) is 0.877. The van der Waals surface area contributed by atoms with Crippen molar-refractivity contribution in [3.8, 4) is 11.8 Å². The molecule has 5 nitrogen and oxygen atoms in total. The number of pyridine rings is 2. The van der Waals surface area contributed by atoms with Crippen LogP contribution >= 0.6 is 0 Å². The summed E-state index contributed by atoms with van der Waals surface area (Å²) in [6.07, 6.45) is 3.51. The van der Waals surface area contributed by atoms with E-state index in [2.05, 4.69) is 15.3 Å². The maximum Gasteiger partial charge on any atom is 0.237 e. The van der Waals surface area contributed by atoms with Crippen LogP contribution in [-0.2, 0) is 6.54 Å². The molecule has 0 fully saturated rings. The monoisotopic (exact) mass is 273 g/mol. The normalized spacial score (nSPS) is 10.4. The van der Waals surface area contributed by atoms with E-state index in [1.165, 1.54) is 0 Å². The molecule has 0 radical (unpaired) electrons. The van der Waals surface area contributed by atoms with E-state index in [9.17, 15) is 0 Å². The topological polar surface area (TPSA) is 56.3 Å². The molecule has 0 atom stereocenters. The highest BCUT2D eigenvalue weighted by Gasteiger charge is 2.08. The van der Waals surface area contributed by atoms with Crippen LogP contribution in [0.2, 0.25) is 0 Å². The van der Waals surface area contributed by atoms with Crippen molar-refractivity contribution in [1.29, 1.82) is 0 Å². The molecule has 0 bridgehead atoms. The molecule has 2 aromatic heterocycles. The van der Waals surface area contributed by atoms with Crippen LogP contribution in [0.4, 0.5) is 5.69 Å². The minimum atomic E-state index is 0.0818. The van der Waals surface area contributed by atoms with Crippen molar-refractivity contribution in [3.63, 3.8) is 0 Å². The van der Waals surface area contributed by atoms with Crippen LogP contribution in [-0.4, -0.2) is 23.2 Å². The lowest BCUT2D eigenvalue weighted by molar-refractivity contribution is 0.234. The van der Waals surface area contributed by atoms with Crippen molar-refractivity contribution < 1.29 is 9.47 Å². The van der Waals surface area contributed by atoms with E-state index in [-0.39, 0.29) is 6.10 Å². The molecule has 0 unspecified atom stereocenters. The van der Waals surface area contributed by atoms with E-state index in [0.717, 1.165) is 11.3 Å². The van der Waals surface area contributed by atoms with Gasteiger partial charge in [0.05, 0.1) is 18.9 Å². The highest BCUT2D eigenvalue weighted by Crippen LogP contribution is 2.23. The Labute approximate surface area is 119 Å². The zero-order chi connectivity index (χ0) is 14.4. The van der Waals surface area contributed by atoms with Gasteiger partial charge in [-0.05, 0) is 32.0 Å². The lowest BCUT2D eigenvalue weighted by atomic mass is 10.2. The second-order valence-electron chi connectivity index (χ2n) is 4.55. The van der Waals surface area contributed by atoms with Crippen LogP contribution in [0.3, 0.4) is 0 Å². The summed E-state index contributed by atoms with van der Waals surface area (Å²) in [6, 6.07) is 7.66. The molecule has 2 rings (SSSR count). The summed E-state index contributed by atoms with van der Waals surface area (Å²) < 4.78 is 10.9. The molecule has 0 aliphatic rings. The molecule has 1 N–H and O–H groups in total. The predicted octanol–water partition coefficient (Wildman–Crippen LogP) is 2.88. The van der Waals surface area contributed by atoms with Gasteiger partial charge < -0.3 is 14.8 Å². The summed E-state index contributed by atoms with van der Waals surface area (Å²) in [5.41, 5.74) is 1.83. The zero-order valence-corrected chi connectivity index (χ0v) is 12.0. The average Bonchev–Trinajstić information content (AvgIpc) is 2.46. The number of nitrogens with one attached hydrogen (secondary N) is 1. The van der Waals surface area contributed by atoms with Crippen LogP contribution in [0.25, 0.3) is 0 Å². The van der Waals surface area contributed by atoms with Gasteiger partial charge in [0.25, 0.3) is 0 Å². The lowest BCUT2D eigenvalue weighted by Gasteiger charge is -2.14. The molecule has 0 saturated carbocycles. The van der Waals surface area contributed by atoms with Gasteiger partial charge in [-0.2, -0.15) is 0 Å². The van der Waals surface area contributed by atoms with E-state index in [4.69, 9.17) is 9.47 Å². The number of hydrogen-bond donors (Lipinski definition) is 1. The van der Waals surface area contributed by atoms with Crippen molar-refractivity contribution >= 4 is 5.69 Å². The van der Waals surface area contributed by atoms with Gasteiger partial charge in [0, 0.05) is 24.5 Å². The smallest absolute Gasteiger partial charge is 0.237 e. The maximum absolute atomic E-state index is 5.67. The van der Waals surface area contributed by atoms with Crippen molar-refractivity contribution in [2.24, 2.45) is 0 Å². The minimum absolute atomic E-state index is 0.0818. The highest BCUT2D eigenvalue weighted by atomic mass is 16.5. The zero-order valence-electron chi connectivity index (χ0n) is 12.0. The van der Waals surface area contributed by atoms with Crippen molar-refractivity contribution in [2.75, 3.05) is 12.4 Å². The largest absolute Gasteiger partial charge is 0.481 e. The molecule has 20 heavy (non-hydrogen) atoms. The van der Waals surface area contributed by atoms with E-state index in [0.29, 0.717) is 18.3 Å². The molecule has 106 valence electrons. The first-order chi connectivity index (χ1) is 9.70. The van der Waals surface area contributed by atoms with E-state index in [1.807, 2.05) is 38.1 Å². The highest BCUT2D eigenvalue weighted by molar-refractivity contribution is 5.52.